The molecule has 0 aliphatic carbocycles. The molecule has 2 aromatic carbocycles. The predicted octanol–water partition coefficient (Wildman–Crippen LogP) is 1.75. The first kappa shape index (κ1) is 19.4. The van der Waals surface area contributed by atoms with Crippen LogP contribution in [0.25, 0.3) is 0 Å². The molecular formula is C17H12N4O8. The van der Waals surface area contributed by atoms with E-state index in [2.05, 4.69) is 5.32 Å². The van der Waals surface area contributed by atoms with Crippen molar-refractivity contribution < 1.29 is 29.0 Å². The molecule has 2 aromatic rings. The summed E-state index contributed by atoms with van der Waals surface area (Å²) in [5.74, 6) is -2.34. The van der Waals surface area contributed by atoms with Crippen LogP contribution < -0.4 is 10.1 Å². The van der Waals surface area contributed by atoms with Gasteiger partial charge < -0.3 is 10.1 Å². The molecule has 12 nitrogen and oxygen atoms in total. The summed E-state index contributed by atoms with van der Waals surface area (Å²) in [5, 5.41) is 24.1. The van der Waals surface area contributed by atoms with E-state index in [-0.39, 0.29) is 33.9 Å². The normalized spacial score (nSPS) is 12.5. The predicted molar refractivity (Wildman–Crippen MR) is 96.7 cm³/mol. The van der Waals surface area contributed by atoms with Crippen molar-refractivity contribution in [1.82, 2.24) is 4.90 Å². The van der Waals surface area contributed by atoms with E-state index in [1.54, 1.807) is 0 Å². The van der Waals surface area contributed by atoms with Crippen LogP contribution in [0.2, 0.25) is 0 Å². The first-order chi connectivity index (χ1) is 13.7. The number of amides is 3. The third-order valence-corrected chi connectivity index (χ3v) is 4.14. The van der Waals surface area contributed by atoms with Crippen LogP contribution >= 0.6 is 0 Å². The van der Waals surface area contributed by atoms with E-state index in [9.17, 15) is 34.6 Å². The third kappa shape index (κ3) is 3.58. The smallest absolute Gasteiger partial charge is 0.273 e. The average molecular weight is 400 g/mol. The molecule has 0 atom stereocenters. The zero-order valence-electron chi connectivity index (χ0n) is 14.8. The van der Waals surface area contributed by atoms with Crippen LogP contribution in [0.15, 0.2) is 36.4 Å². The molecular weight excluding hydrogens is 388 g/mol. The number of benzene rings is 2. The number of fused-ring (bicyclic) bond motifs is 1. The van der Waals surface area contributed by atoms with Crippen molar-refractivity contribution >= 4 is 34.8 Å². The van der Waals surface area contributed by atoms with Crippen molar-refractivity contribution in [1.29, 1.82) is 0 Å². The van der Waals surface area contributed by atoms with Gasteiger partial charge in [-0.25, -0.2) is 0 Å². The van der Waals surface area contributed by atoms with Crippen LogP contribution in [0, 0.1) is 20.2 Å². The number of imide groups is 1. The van der Waals surface area contributed by atoms with Gasteiger partial charge in [0.15, 0.2) is 0 Å². The number of nitrogens with zero attached hydrogens (tertiary/aromatic N) is 3. The number of non-ortho nitro benzene ring substituents is 2. The summed E-state index contributed by atoms with van der Waals surface area (Å²) in [4.78, 5) is 58.1. The summed E-state index contributed by atoms with van der Waals surface area (Å²) < 4.78 is 5.01. The van der Waals surface area contributed by atoms with Crippen LogP contribution in [0.5, 0.6) is 5.75 Å². The van der Waals surface area contributed by atoms with Crippen molar-refractivity contribution in [2.45, 2.75) is 0 Å². The van der Waals surface area contributed by atoms with Crippen molar-refractivity contribution in [3.63, 3.8) is 0 Å². The van der Waals surface area contributed by atoms with Crippen LogP contribution in [0.4, 0.5) is 17.1 Å². The van der Waals surface area contributed by atoms with Crippen LogP contribution in [-0.2, 0) is 4.79 Å². The molecule has 12 heteroatoms. The average Bonchev–Trinajstić information content (AvgIpc) is 2.92. The number of nitrogens with one attached hydrogen (secondary N) is 1. The minimum Gasteiger partial charge on any atom is -0.494 e. The lowest BCUT2D eigenvalue weighted by atomic mass is 10.1. The molecule has 1 N–H and O–H groups in total. The van der Waals surface area contributed by atoms with E-state index < -0.39 is 34.1 Å². The summed E-state index contributed by atoms with van der Waals surface area (Å²) >= 11 is 0. The van der Waals surface area contributed by atoms with E-state index in [1.165, 1.54) is 13.2 Å². The summed E-state index contributed by atoms with van der Waals surface area (Å²) in [6.45, 7) is -0.652. The van der Waals surface area contributed by atoms with Gasteiger partial charge >= 0.3 is 0 Å². The summed E-state index contributed by atoms with van der Waals surface area (Å²) in [5.41, 5.74) is -0.699. The van der Waals surface area contributed by atoms with Crippen LogP contribution in [0.1, 0.15) is 20.7 Å². The lowest BCUT2D eigenvalue weighted by Gasteiger charge is -2.15. The maximum atomic E-state index is 12.4. The Labute approximate surface area is 162 Å². The van der Waals surface area contributed by atoms with Crippen molar-refractivity contribution in [3.05, 3.63) is 67.8 Å². The second-order valence-electron chi connectivity index (χ2n) is 5.87. The van der Waals surface area contributed by atoms with Crippen LogP contribution in [0.3, 0.4) is 0 Å². The van der Waals surface area contributed by atoms with Crippen molar-refractivity contribution in [2.24, 2.45) is 0 Å². The highest BCUT2D eigenvalue weighted by Gasteiger charge is 2.37. The summed E-state index contributed by atoms with van der Waals surface area (Å²) in [6, 6.07) is 6.74. The van der Waals surface area contributed by atoms with Gasteiger partial charge in [-0.15, -0.1) is 0 Å². The minimum absolute atomic E-state index is 0.0190. The van der Waals surface area contributed by atoms with E-state index >= 15 is 0 Å². The molecule has 3 amide bonds. The highest BCUT2D eigenvalue weighted by Crippen LogP contribution is 2.30. The van der Waals surface area contributed by atoms with Gasteiger partial charge in [-0.2, -0.15) is 0 Å². The Bertz CT molecular complexity index is 1080. The minimum atomic E-state index is -0.834. The molecule has 3 rings (SSSR count). The Morgan fingerprint density at radius 1 is 1.00 bits per heavy atom. The molecule has 1 aliphatic heterocycles. The number of rotatable bonds is 6. The molecule has 0 bridgehead atoms. The maximum Gasteiger partial charge on any atom is 0.273 e. The van der Waals surface area contributed by atoms with Gasteiger partial charge in [0, 0.05) is 18.2 Å². The monoisotopic (exact) mass is 400 g/mol. The van der Waals surface area contributed by atoms with Gasteiger partial charge in [0.2, 0.25) is 5.91 Å². The Kier molecular flexibility index (Phi) is 4.92. The molecule has 1 aliphatic rings. The van der Waals surface area contributed by atoms with E-state index in [0.29, 0.717) is 4.90 Å². The van der Waals surface area contributed by atoms with Crippen LogP contribution in [-0.4, -0.2) is 46.1 Å². The number of hydrogen-bond acceptors (Lipinski definition) is 8. The molecule has 0 saturated heterocycles. The largest absolute Gasteiger partial charge is 0.494 e. The highest BCUT2D eigenvalue weighted by atomic mass is 16.6. The number of carbonyl (C=O) groups is 3. The van der Waals surface area contributed by atoms with Gasteiger partial charge in [-0.05, 0) is 12.1 Å². The topological polar surface area (TPSA) is 162 Å². The van der Waals surface area contributed by atoms with Gasteiger partial charge in [0.1, 0.15) is 12.3 Å². The number of ether oxygens (including phenoxy) is 1. The number of hydrogen-bond donors (Lipinski definition) is 1. The fourth-order valence-electron chi connectivity index (χ4n) is 2.77. The second-order valence-corrected chi connectivity index (χ2v) is 5.87. The van der Waals surface area contributed by atoms with E-state index in [4.69, 9.17) is 4.74 Å². The Balaban J connectivity index is 1.78. The second kappa shape index (κ2) is 7.34. The Morgan fingerprint density at radius 3 is 2.21 bits per heavy atom. The number of carbonyl (C=O) groups excluding carboxylic acids is 3. The van der Waals surface area contributed by atoms with Gasteiger partial charge in [-0.1, -0.05) is 0 Å². The van der Waals surface area contributed by atoms with Gasteiger partial charge in [0.25, 0.3) is 23.2 Å². The quantitative estimate of drug-likeness (QED) is 0.435. The van der Waals surface area contributed by atoms with Crippen molar-refractivity contribution in [2.75, 3.05) is 19.0 Å². The third-order valence-electron chi connectivity index (χ3n) is 4.14. The molecule has 0 radical (unpaired) electrons. The van der Waals surface area contributed by atoms with E-state index in [1.807, 2.05) is 0 Å². The van der Waals surface area contributed by atoms with E-state index in [0.717, 1.165) is 30.3 Å². The number of anilines is 1. The number of nitro groups is 2. The molecule has 148 valence electrons. The fourth-order valence-corrected chi connectivity index (χ4v) is 2.77. The zero-order chi connectivity index (χ0) is 21.3. The first-order valence-corrected chi connectivity index (χ1v) is 8.00. The fraction of sp³-hybridized carbons (Fsp3) is 0.118. The molecule has 0 saturated carbocycles. The summed E-state index contributed by atoms with van der Waals surface area (Å²) in [7, 11) is 1.26. The lowest BCUT2D eigenvalue weighted by Crippen LogP contribution is -2.37. The maximum absolute atomic E-state index is 12.4. The standard InChI is InChI=1S/C17H12N4O8/c1-29-14-7-10(21(27)28)3-5-13(14)18-15(22)8-19-16(23)11-4-2-9(20(25)26)6-12(11)17(19)24/h2-7H,8H2,1H3,(H,18,22). The number of nitro benzene ring substituents is 2. The van der Waals surface area contributed by atoms with Crippen molar-refractivity contribution in [3.8, 4) is 5.75 Å². The van der Waals surface area contributed by atoms with Gasteiger partial charge in [-0.3, -0.25) is 39.5 Å². The SMILES string of the molecule is COc1cc([N+](=O)[O-])ccc1NC(=O)CN1C(=O)c2ccc([N+](=O)[O-])cc2C1=O. The summed E-state index contributed by atoms with van der Waals surface area (Å²) in [6.07, 6.45) is 0. The zero-order valence-corrected chi connectivity index (χ0v) is 14.8. The molecule has 1 heterocycles. The molecule has 0 unspecified atom stereocenters. The Hall–Kier alpha value is -4.35. The first-order valence-electron chi connectivity index (χ1n) is 8.00. The molecule has 0 spiro atoms. The highest BCUT2D eigenvalue weighted by molar-refractivity contribution is 6.23. The lowest BCUT2D eigenvalue weighted by molar-refractivity contribution is -0.385. The number of methoxy groups -OCH3 is 1. The Morgan fingerprint density at radius 2 is 1.59 bits per heavy atom. The molecule has 29 heavy (non-hydrogen) atoms. The molecule has 0 fully saturated rings. The molecule has 0 aromatic heterocycles. The van der Waals surface area contributed by atoms with Gasteiger partial charge in [0.05, 0.1) is 39.8 Å².